The predicted octanol–water partition coefficient (Wildman–Crippen LogP) is 3.51. The van der Waals surface area contributed by atoms with E-state index in [1.807, 2.05) is 0 Å². The highest BCUT2D eigenvalue weighted by molar-refractivity contribution is 6.17. The second-order valence-corrected chi connectivity index (χ2v) is 6.15. The highest BCUT2D eigenvalue weighted by atomic mass is 35.5. The van der Waals surface area contributed by atoms with Crippen LogP contribution in [-0.4, -0.2) is 38.6 Å². The van der Waals surface area contributed by atoms with Crippen LogP contribution in [0.5, 0.6) is 0 Å². The average molecular weight is 281 g/mol. The van der Waals surface area contributed by atoms with E-state index in [4.69, 9.17) is 11.6 Å². The molecule has 0 radical (unpaired) electrons. The van der Waals surface area contributed by atoms with Crippen molar-refractivity contribution in [2.24, 2.45) is 5.92 Å². The molecule has 0 spiro atoms. The molecular formula is C16H25ClN2. The van der Waals surface area contributed by atoms with Crippen molar-refractivity contribution in [3.63, 3.8) is 0 Å². The molecule has 1 aromatic carbocycles. The number of aryl methyl sites for hydroxylation is 1. The number of halogens is 1. The van der Waals surface area contributed by atoms with Gasteiger partial charge < -0.3 is 9.80 Å². The molecule has 0 aliphatic carbocycles. The smallest absolute Gasteiger partial charge is 0.0474 e. The van der Waals surface area contributed by atoms with Crippen molar-refractivity contribution in [3.05, 3.63) is 29.3 Å². The molecule has 0 aromatic heterocycles. The van der Waals surface area contributed by atoms with Crippen LogP contribution in [-0.2, 0) is 5.88 Å². The molecule has 1 saturated heterocycles. The number of alkyl halides is 1. The first-order valence-electron chi connectivity index (χ1n) is 7.15. The Morgan fingerprint density at radius 3 is 2.58 bits per heavy atom. The standard InChI is InChI=1S/C16H25ClN2/c1-13-10-15(11-17)4-5-16(13)19(3)12-14-6-8-18(2)9-7-14/h4-5,10,14H,6-9,11-12H2,1-3H3. The topological polar surface area (TPSA) is 6.48 Å². The third-order valence-corrected chi connectivity index (χ3v) is 4.51. The zero-order valence-corrected chi connectivity index (χ0v) is 13.1. The number of piperidine rings is 1. The molecule has 0 bridgehead atoms. The summed E-state index contributed by atoms with van der Waals surface area (Å²) in [5.41, 5.74) is 3.87. The van der Waals surface area contributed by atoms with Crippen LogP contribution < -0.4 is 4.90 Å². The summed E-state index contributed by atoms with van der Waals surface area (Å²) < 4.78 is 0. The Balaban J connectivity index is 1.97. The van der Waals surface area contributed by atoms with Crippen LogP contribution in [0.25, 0.3) is 0 Å². The maximum Gasteiger partial charge on any atom is 0.0474 e. The van der Waals surface area contributed by atoms with Crippen LogP contribution in [0.4, 0.5) is 5.69 Å². The fraction of sp³-hybridized carbons (Fsp3) is 0.625. The second-order valence-electron chi connectivity index (χ2n) is 5.88. The predicted molar refractivity (Wildman–Crippen MR) is 84.2 cm³/mol. The highest BCUT2D eigenvalue weighted by Crippen LogP contribution is 2.24. The SMILES string of the molecule is Cc1cc(CCl)ccc1N(C)CC1CCN(C)CC1. The molecule has 0 unspecified atom stereocenters. The maximum absolute atomic E-state index is 5.88. The van der Waals surface area contributed by atoms with Gasteiger partial charge in [-0.25, -0.2) is 0 Å². The van der Waals surface area contributed by atoms with Gasteiger partial charge in [-0.2, -0.15) is 0 Å². The number of anilines is 1. The van der Waals surface area contributed by atoms with Gasteiger partial charge in [-0.1, -0.05) is 12.1 Å². The summed E-state index contributed by atoms with van der Waals surface area (Å²) in [5.74, 6) is 1.42. The summed E-state index contributed by atoms with van der Waals surface area (Å²) in [6, 6.07) is 6.55. The minimum atomic E-state index is 0.597. The van der Waals surface area contributed by atoms with Gasteiger partial charge >= 0.3 is 0 Å². The third-order valence-electron chi connectivity index (χ3n) is 4.20. The van der Waals surface area contributed by atoms with Gasteiger partial charge in [0.15, 0.2) is 0 Å². The van der Waals surface area contributed by atoms with Crippen LogP contribution in [0.1, 0.15) is 24.0 Å². The lowest BCUT2D eigenvalue weighted by Gasteiger charge is -2.33. The van der Waals surface area contributed by atoms with E-state index in [0.29, 0.717) is 5.88 Å². The number of rotatable bonds is 4. The van der Waals surface area contributed by atoms with Gasteiger partial charge in [0, 0.05) is 25.2 Å². The molecule has 0 N–H and O–H groups in total. The van der Waals surface area contributed by atoms with Crippen molar-refractivity contribution in [1.29, 1.82) is 0 Å². The van der Waals surface area contributed by atoms with Crippen LogP contribution in [0, 0.1) is 12.8 Å². The van der Waals surface area contributed by atoms with E-state index in [1.54, 1.807) is 0 Å². The monoisotopic (exact) mass is 280 g/mol. The van der Waals surface area contributed by atoms with Gasteiger partial charge in [0.2, 0.25) is 0 Å². The minimum absolute atomic E-state index is 0.597. The average Bonchev–Trinajstić information content (AvgIpc) is 2.41. The van der Waals surface area contributed by atoms with Crippen LogP contribution in [0.2, 0.25) is 0 Å². The quantitative estimate of drug-likeness (QED) is 0.779. The molecule has 3 heteroatoms. The molecule has 1 aliphatic heterocycles. The number of hydrogen-bond donors (Lipinski definition) is 0. The van der Waals surface area contributed by atoms with E-state index in [1.165, 1.54) is 42.7 Å². The number of likely N-dealkylation sites (tertiary alicyclic amines) is 1. The van der Waals surface area contributed by atoms with E-state index in [0.717, 1.165) is 12.5 Å². The molecule has 0 amide bonds. The molecule has 106 valence electrons. The maximum atomic E-state index is 5.88. The van der Waals surface area contributed by atoms with E-state index in [-0.39, 0.29) is 0 Å². The van der Waals surface area contributed by atoms with Gasteiger partial charge in [-0.15, -0.1) is 11.6 Å². The Kier molecular flexibility index (Phi) is 5.12. The molecule has 1 aliphatic rings. The first-order chi connectivity index (χ1) is 9.10. The molecule has 1 fully saturated rings. The molecule has 19 heavy (non-hydrogen) atoms. The largest absolute Gasteiger partial charge is 0.374 e. The molecule has 2 nitrogen and oxygen atoms in total. The fourth-order valence-electron chi connectivity index (χ4n) is 2.96. The van der Waals surface area contributed by atoms with E-state index < -0.39 is 0 Å². The van der Waals surface area contributed by atoms with E-state index in [9.17, 15) is 0 Å². The van der Waals surface area contributed by atoms with Crippen LogP contribution in [0.3, 0.4) is 0 Å². The Morgan fingerprint density at radius 1 is 1.32 bits per heavy atom. The van der Waals surface area contributed by atoms with Gasteiger partial charge in [0.05, 0.1) is 0 Å². The molecule has 1 aromatic rings. The van der Waals surface area contributed by atoms with Gasteiger partial charge in [0.1, 0.15) is 0 Å². The Morgan fingerprint density at radius 2 is 2.00 bits per heavy atom. The zero-order chi connectivity index (χ0) is 13.8. The lowest BCUT2D eigenvalue weighted by Crippen LogP contribution is -2.35. The lowest BCUT2D eigenvalue weighted by atomic mass is 9.96. The lowest BCUT2D eigenvalue weighted by molar-refractivity contribution is 0.222. The summed E-state index contributed by atoms with van der Waals surface area (Å²) in [7, 11) is 4.43. The van der Waals surface area contributed by atoms with E-state index >= 15 is 0 Å². The van der Waals surface area contributed by atoms with E-state index in [2.05, 4.69) is 49.0 Å². The summed E-state index contributed by atoms with van der Waals surface area (Å²) in [4.78, 5) is 4.83. The Bertz CT molecular complexity index is 411. The summed E-state index contributed by atoms with van der Waals surface area (Å²) in [6.07, 6.45) is 2.64. The van der Waals surface area contributed by atoms with Crippen LogP contribution in [0.15, 0.2) is 18.2 Å². The number of benzene rings is 1. The second kappa shape index (κ2) is 6.62. The molecule has 2 rings (SSSR count). The molecule has 0 atom stereocenters. The van der Waals surface area contributed by atoms with Gasteiger partial charge in [0.25, 0.3) is 0 Å². The normalized spacial score (nSPS) is 17.7. The summed E-state index contributed by atoms with van der Waals surface area (Å²) >= 11 is 5.88. The molecule has 0 saturated carbocycles. The zero-order valence-electron chi connectivity index (χ0n) is 12.3. The van der Waals surface area contributed by atoms with Crippen molar-refractivity contribution < 1.29 is 0 Å². The highest BCUT2D eigenvalue weighted by Gasteiger charge is 2.18. The molecule has 1 heterocycles. The van der Waals surface area contributed by atoms with Gasteiger partial charge in [-0.05, 0) is 63.0 Å². The summed E-state index contributed by atoms with van der Waals surface area (Å²) in [5, 5.41) is 0. The summed E-state index contributed by atoms with van der Waals surface area (Å²) in [6.45, 7) is 5.82. The van der Waals surface area contributed by atoms with Crippen molar-refractivity contribution in [3.8, 4) is 0 Å². The number of hydrogen-bond acceptors (Lipinski definition) is 2. The first kappa shape index (κ1) is 14.7. The van der Waals surface area contributed by atoms with Crippen molar-refractivity contribution in [1.82, 2.24) is 4.90 Å². The molecular weight excluding hydrogens is 256 g/mol. The van der Waals surface area contributed by atoms with Crippen molar-refractivity contribution in [2.75, 3.05) is 38.6 Å². The van der Waals surface area contributed by atoms with Crippen molar-refractivity contribution >= 4 is 17.3 Å². The first-order valence-corrected chi connectivity index (χ1v) is 7.68. The van der Waals surface area contributed by atoms with Crippen molar-refractivity contribution in [2.45, 2.75) is 25.6 Å². The fourth-order valence-corrected chi connectivity index (χ4v) is 3.13. The number of nitrogens with zero attached hydrogens (tertiary/aromatic N) is 2. The Labute approximate surface area is 122 Å². The Hall–Kier alpha value is -0.730. The minimum Gasteiger partial charge on any atom is -0.374 e. The van der Waals surface area contributed by atoms with Crippen LogP contribution >= 0.6 is 11.6 Å². The third kappa shape index (κ3) is 3.87. The van der Waals surface area contributed by atoms with Gasteiger partial charge in [-0.3, -0.25) is 0 Å².